The fourth-order valence-corrected chi connectivity index (χ4v) is 5.98. The van der Waals surface area contributed by atoms with E-state index in [1.165, 1.54) is 36.3 Å². The number of nitrogens with one attached hydrogen (secondary N) is 1. The van der Waals surface area contributed by atoms with E-state index in [4.69, 9.17) is 39.5 Å². The Labute approximate surface area is 262 Å². The first-order chi connectivity index (χ1) is 19.7. The van der Waals surface area contributed by atoms with Crippen molar-refractivity contribution in [3.8, 4) is 5.75 Å². The molecule has 0 aliphatic carbocycles. The Balaban J connectivity index is 2.10. The molecular formula is C30H34Cl3N3O5S. The van der Waals surface area contributed by atoms with Gasteiger partial charge in [0.15, 0.2) is 0 Å². The fraction of sp³-hybridized carbons (Fsp3) is 0.333. The maximum atomic E-state index is 14.1. The number of hydrogen-bond donors (Lipinski definition) is 1. The molecule has 0 unspecified atom stereocenters. The summed E-state index contributed by atoms with van der Waals surface area (Å²) in [7, 11) is -2.90. The second kappa shape index (κ2) is 14.5. The zero-order valence-electron chi connectivity index (χ0n) is 24.0. The molecule has 2 amide bonds. The molecule has 3 aromatic carbocycles. The highest BCUT2D eigenvalue weighted by Crippen LogP contribution is 2.35. The summed E-state index contributed by atoms with van der Waals surface area (Å²) in [5, 5.41) is 3.71. The molecule has 0 spiro atoms. The number of sulfonamides is 1. The number of carbonyl (C=O) groups is 2. The van der Waals surface area contributed by atoms with Gasteiger partial charge in [-0.2, -0.15) is 0 Å². The third-order valence-corrected chi connectivity index (χ3v) is 9.23. The van der Waals surface area contributed by atoms with Crippen LogP contribution >= 0.6 is 34.8 Å². The van der Waals surface area contributed by atoms with Gasteiger partial charge in [-0.25, -0.2) is 8.42 Å². The van der Waals surface area contributed by atoms with Crippen LogP contribution in [-0.2, 0) is 26.2 Å². The summed E-state index contributed by atoms with van der Waals surface area (Å²) in [6.07, 6.45) is 0. The van der Waals surface area contributed by atoms with Crippen LogP contribution < -0.4 is 14.4 Å². The van der Waals surface area contributed by atoms with Crippen molar-refractivity contribution in [1.82, 2.24) is 10.2 Å². The van der Waals surface area contributed by atoms with Gasteiger partial charge in [-0.15, -0.1) is 0 Å². The first kappa shape index (κ1) is 33.5. The molecule has 0 saturated heterocycles. The van der Waals surface area contributed by atoms with E-state index in [2.05, 4.69) is 5.32 Å². The fourth-order valence-electron chi connectivity index (χ4n) is 4.08. The Morgan fingerprint density at radius 1 is 0.929 bits per heavy atom. The Hall–Kier alpha value is -2.98. The van der Waals surface area contributed by atoms with Crippen LogP contribution in [-0.4, -0.2) is 51.4 Å². The molecule has 0 aliphatic rings. The summed E-state index contributed by atoms with van der Waals surface area (Å²) >= 11 is 18.6. The minimum Gasteiger partial charge on any atom is -0.495 e. The molecule has 42 heavy (non-hydrogen) atoms. The number of rotatable bonds is 12. The van der Waals surface area contributed by atoms with Crippen molar-refractivity contribution in [3.63, 3.8) is 0 Å². The molecule has 0 saturated carbocycles. The van der Waals surface area contributed by atoms with Crippen molar-refractivity contribution < 1.29 is 22.7 Å². The van der Waals surface area contributed by atoms with E-state index in [-0.39, 0.29) is 44.7 Å². The molecule has 0 aromatic heterocycles. The van der Waals surface area contributed by atoms with E-state index in [0.717, 1.165) is 9.87 Å². The van der Waals surface area contributed by atoms with Crippen molar-refractivity contribution in [2.24, 2.45) is 5.92 Å². The van der Waals surface area contributed by atoms with Crippen LogP contribution in [0.5, 0.6) is 5.75 Å². The van der Waals surface area contributed by atoms with E-state index >= 15 is 0 Å². The minimum absolute atomic E-state index is 0.0262. The second-order valence-corrected chi connectivity index (χ2v) is 13.3. The molecule has 8 nitrogen and oxygen atoms in total. The number of hydrogen-bond acceptors (Lipinski definition) is 5. The first-order valence-electron chi connectivity index (χ1n) is 13.2. The second-order valence-electron chi connectivity index (χ2n) is 10.2. The predicted octanol–water partition coefficient (Wildman–Crippen LogP) is 6.35. The van der Waals surface area contributed by atoms with Crippen molar-refractivity contribution >= 4 is 62.3 Å². The van der Waals surface area contributed by atoms with Gasteiger partial charge in [0, 0.05) is 18.1 Å². The Bertz CT molecular complexity index is 1530. The highest BCUT2D eigenvalue weighted by atomic mass is 35.5. The van der Waals surface area contributed by atoms with Crippen molar-refractivity contribution in [2.75, 3.05) is 24.5 Å². The van der Waals surface area contributed by atoms with E-state index in [1.807, 2.05) is 20.8 Å². The number of aryl methyl sites for hydroxylation is 1. The quantitative estimate of drug-likeness (QED) is 0.246. The van der Waals surface area contributed by atoms with Gasteiger partial charge in [0.05, 0.1) is 27.7 Å². The maximum absolute atomic E-state index is 14.1. The number of benzene rings is 3. The summed E-state index contributed by atoms with van der Waals surface area (Å²) in [4.78, 5) is 28.5. The third-order valence-electron chi connectivity index (χ3n) is 6.49. The number of halogens is 3. The number of amides is 2. The molecule has 0 aliphatic heterocycles. The minimum atomic E-state index is -4.29. The maximum Gasteiger partial charge on any atom is 0.264 e. The van der Waals surface area contributed by atoms with Crippen LogP contribution in [0.25, 0.3) is 0 Å². The van der Waals surface area contributed by atoms with Gasteiger partial charge in [0.25, 0.3) is 10.0 Å². The van der Waals surface area contributed by atoms with Gasteiger partial charge < -0.3 is 15.0 Å². The normalized spacial score (nSPS) is 12.1. The van der Waals surface area contributed by atoms with Crippen LogP contribution in [0.4, 0.5) is 5.69 Å². The van der Waals surface area contributed by atoms with Gasteiger partial charge in [-0.05, 0) is 67.8 Å². The van der Waals surface area contributed by atoms with Gasteiger partial charge in [0.1, 0.15) is 18.3 Å². The lowest BCUT2D eigenvalue weighted by atomic mass is 10.1. The highest BCUT2D eigenvalue weighted by Gasteiger charge is 2.34. The van der Waals surface area contributed by atoms with Gasteiger partial charge in [-0.3, -0.25) is 13.9 Å². The number of ether oxygens (including phenoxy) is 1. The number of carbonyl (C=O) groups excluding carboxylic acids is 2. The third kappa shape index (κ3) is 8.31. The Morgan fingerprint density at radius 2 is 1.60 bits per heavy atom. The van der Waals surface area contributed by atoms with Crippen molar-refractivity contribution in [2.45, 2.75) is 45.2 Å². The lowest BCUT2D eigenvalue weighted by Crippen LogP contribution is -2.51. The number of anilines is 1. The standard InChI is InChI=1S/C30H34Cl3N3O5S/c1-19(2)16-34-30(38)21(4)35(17-22-8-12-25(32)26(33)14-22)29(37)18-36(27-15-23(31)9-13-28(27)41-5)42(39,40)24-10-6-20(3)7-11-24/h6-15,19,21H,16-18H2,1-5H3,(H,34,38)/t21-/m1/s1. The monoisotopic (exact) mass is 653 g/mol. The molecule has 0 radical (unpaired) electrons. The van der Waals surface area contributed by atoms with Crippen LogP contribution in [0.3, 0.4) is 0 Å². The lowest BCUT2D eigenvalue weighted by molar-refractivity contribution is -0.139. The van der Waals surface area contributed by atoms with E-state index in [1.54, 1.807) is 43.3 Å². The molecule has 0 bridgehead atoms. The Morgan fingerprint density at radius 3 is 2.19 bits per heavy atom. The van der Waals surface area contributed by atoms with Crippen LogP contribution in [0, 0.1) is 12.8 Å². The number of methoxy groups -OCH3 is 1. The van der Waals surface area contributed by atoms with Crippen LogP contribution in [0.2, 0.25) is 15.1 Å². The molecule has 12 heteroatoms. The predicted molar refractivity (Wildman–Crippen MR) is 168 cm³/mol. The van der Waals surface area contributed by atoms with Gasteiger partial charge >= 0.3 is 0 Å². The summed E-state index contributed by atoms with van der Waals surface area (Å²) < 4.78 is 34.5. The zero-order valence-corrected chi connectivity index (χ0v) is 27.1. The molecule has 3 aromatic rings. The average molecular weight is 655 g/mol. The van der Waals surface area contributed by atoms with Gasteiger partial charge in [-0.1, -0.05) is 72.4 Å². The van der Waals surface area contributed by atoms with Gasteiger partial charge in [0.2, 0.25) is 11.8 Å². The smallest absolute Gasteiger partial charge is 0.264 e. The van der Waals surface area contributed by atoms with Crippen molar-refractivity contribution in [1.29, 1.82) is 0 Å². The molecule has 1 atom stereocenters. The summed E-state index contributed by atoms with van der Waals surface area (Å²) in [6, 6.07) is 14.7. The number of nitrogens with zero attached hydrogens (tertiary/aromatic N) is 2. The average Bonchev–Trinajstić information content (AvgIpc) is 2.94. The van der Waals surface area contributed by atoms with Crippen LogP contribution in [0.15, 0.2) is 65.6 Å². The zero-order chi connectivity index (χ0) is 31.2. The highest BCUT2D eigenvalue weighted by molar-refractivity contribution is 7.92. The molecule has 1 N–H and O–H groups in total. The van der Waals surface area contributed by atoms with E-state index in [0.29, 0.717) is 17.1 Å². The topological polar surface area (TPSA) is 96.0 Å². The SMILES string of the molecule is COc1ccc(Cl)cc1N(CC(=O)N(Cc1ccc(Cl)c(Cl)c1)[C@H](C)C(=O)NCC(C)C)S(=O)(=O)c1ccc(C)cc1. The summed E-state index contributed by atoms with van der Waals surface area (Å²) in [5.41, 5.74) is 1.55. The van der Waals surface area contributed by atoms with Crippen LogP contribution in [0.1, 0.15) is 31.9 Å². The molecule has 0 heterocycles. The Kier molecular flexibility index (Phi) is 11.5. The molecular weight excluding hydrogens is 621 g/mol. The first-order valence-corrected chi connectivity index (χ1v) is 15.8. The molecule has 226 valence electrons. The summed E-state index contributed by atoms with van der Waals surface area (Å²) in [5.74, 6) is -0.635. The molecule has 0 fully saturated rings. The van der Waals surface area contributed by atoms with E-state index < -0.39 is 28.5 Å². The lowest BCUT2D eigenvalue weighted by Gasteiger charge is -2.32. The largest absolute Gasteiger partial charge is 0.495 e. The van der Waals surface area contributed by atoms with Crippen molar-refractivity contribution in [3.05, 3.63) is 86.9 Å². The van der Waals surface area contributed by atoms with E-state index in [9.17, 15) is 18.0 Å². The summed E-state index contributed by atoms with van der Waals surface area (Å²) in [6.45, 7) is 7.07. The molecule has 3 rings (SSSR count).